The number of nitrogens with two attached hydrogens (primary N) is 3. The number of thiol groups is 1. The standard InChI is InChI=1S/C20H37N7O7S/c1-10(2)8-13(17(31)25-12(19(33)34)5-6-15(28)29)26-18(32)14(9-35)27-16(30)11(21)4-3-7-24-20(22)23/h10-14,35H,3-9,21H2,1-2H3,(H,25,31)(H,26,32)(H,27,30)(H,28,29)(H,33,34)(H4,22,23,24). The summed E-state index contributed by atoms with van der Waals surface area (Å²) in [5.41, 5.74) is 16.3. The van der Waals surface area contributed by atoms with E-state index in [-0.39, 0.29) is 43.4 Å². The zero-order valence-electron chi connectivity index (χ0n) is 19.9. The van der Waals surface area contributed by atoms with Crippen LogP contribution in [0, 0.1) is 5.92 Å². The van der Waals surface area contributed by atoms with E-state index in [1.165, 1.54) is 0 Å². The highest BCUT2D eigenvalue weighted by atomic mass is 32.1. The number of aliphatic imine (C=N–C) groups is 1. The highest BCUT2D eigenvalue weighted by Crippen LogP contribution is 2.08. The van der Waals surface area contributed by atoms with Crippen LogP contribution in [0.25, 0.3) is 0 Å². The Morgan fingerprint density at radius 3 is 1.91 bits per heavy atom. The molecule has 0 aromatic carbocycles. The highest BCUT2D eigenvalue weighted by Gasteiger charge is 2.30. The minimum atomic E-state index is -1.44. The van der Waals surface area contributed by atoms with Gasteiger partial charge in [-0.1, -0.05) is 13.8 Å². The Balaban J connectivity index is 5.16. The first-order valence-electron chi connectivity index (χ1n) is 11.1. The lowest BCUT2D eigenvalue weighted by molar-refractivity contribution is -0.143. The minimum absolute atomic E-state index is 0.0592. The topological polar surface area (TPSA) is 252 Å². The van der Waals surface area contributed by atoms with Gasteiger partial charge in [0.15, 0.2) is 5.96 Å². The number of aliphatic carboxylic acids is 2. The molecule has 0 aliphatic rings. The van der Waals surface area contributed by atoms with E-state index >= 15 is 0 Å². The van der Waals surface area contributed by atoms with Crippen molar-refractivity contribution in [1.29, 1.82) is 0 Å². The molecule has 4 atom stereocenters. The molecule has 0 aromatic heterocycles. The molecule has 0 rings (SSSR count). The van der Waals surface area contributed by atoms with Crippen LogP contribution in [-0.2, 0) is 24.0 Å². The molecule has 3 amide bonds. The number of carboxylic acid groups (broad SMARTS) is 2. The smallest absolute Gasteiger partial charge is 0.326 e. The van der Waals surface area contributed by atoms with Crippen LogP contribution >= 0.6 is 12.6 Å². The number of nitrogens with one attached hydrogen (secondary N) is 3. The van der Waals surface area contributed by atoms with Gasteiger partial charge in [-0.3, -0.25) is 24.2 Å². The molecule has 0 saturated heterocycles. The fraction of sp³-hybridized carbons (Fsp3) is 0.700. The fourth-order valence-electron chi connectivity index (χ4n) is 2.90. The summed E-state index contributed by atoms with van der Waals surface area (Å²) in [5.74, 6) is -4.94. The van der Waals surface area contributed by atoms with Crippen LogP contribution in [0.15, 0.2) is 4.99 Å². The molecule has 15 heteroatoms. The molecule has 0 spiro atoms. The molecule has 0 aromatic rings. The van der Waals surface area contributed by atoms with Gasteiger partial charge in [-0.05, 0) is 31.6 Å². The minimum Gasteiger partial charge on any atom is -0.481 e. The SMILES string of the molecule is CC(C)CC(NC(=O)C(CS)NC(=O)C(N)CCCN=C(N)N)C(=O)NC(CCC(=O)O)C(=O)O. The van der Waals surface area contributed by atoms with Gasteiger partial charge in [0.25, 0.3) is 0 Å². The van der Waals surface area contributed by atoms with E-state index < -0.39 is 60.2 Å². The molecule has 0 aliphatic carbocycles. The molecule has 0 radical (unpaired) electrons. The lowest BCUT2D eigenvalue weighted by Crippen LogP contribution is -2.57. The second-order valence-electron chi connectivity index (χ2n) is 8.32. The molecular weight excluding hydrogens is 482 g/mol. The van der Waals surface area contributed by atoms with Crippen LogP contribution in [-0.4, -0.2) is 82.3 Å². The zero-order valence-corrected chi connectivity index (χ0v) is 20.8. The van der Waals surface area contributed by atoms with Gasteiger partial charge in [-0.2, -0.15) is 12.6 Å². The average molecular weight is 520 g/mol. The summed E-state index contributed by atoms with van der Waals surface area (Å²) in [5, 5.41) is 25.3. The number of carbonyl (C=O) groups excluding carboxylic acids is 3. The number of carbonyl (C=O) groups is 5. The summed E-state index contributed by atoms with van der Waals surface area (Å²) in [4.78, 5) is 63.8. The maximum absolute atomic E-state index is 12.8. The van der Waals surface area contributed by atoms with Gasteiger partial charge in [0.1, 0.15) is 18.1 Å². The summed E-state index contributed by atoms with van der Waals surface area (Å²) in [6.07, 6.45) is 0.0796. The molecule has 35 heavy (non-hydrogen) atoms. The maximum Gasteiger partial charge on any atom is 0.326 e. The normalized spacial score (nSPS) is 14.2. The van der Waals surface area contributed by atoms with E-state index in [9.17, 15) is 29.1 Å². The second kappa shape index (κ2) is 16.5. The summed E-state index contributed by atoms with van der Waals surface area (Å²) in [6, 6.07) is -4.61. The van der Waals surface area contributed by atoms with Gasteiger partial charge >= 0.3 is 11.9 Å². The van der Waals surface area contributed by atoms with Crippen molar-refractivity contribution in [3.8, 4) is 0 Å². The summed E-state index contributed by atoms with van der Waals surface area (Å²) >= 11 is 4.08. The van der Waals surface area contributed by atoms with Crippen molar-refractivity contribution in [2.45, 2.75) is 70.1 Å². The average Bonchev–Trinajstić information content (AvgIpc) is 2.75. The van der Waals surface area contributed by atoms with Crippen LogP contribution < -0.4 is 33.2 Å². The molecular formula is C20H37N7O7S. The number of guanidine groups is 1. The van der Waals surface area contributed by atoms with Crippen LogP contribution in [0.5, 0.6) is 0 Å². The lowest BCUT2D eigenvalue weighted by Gasteiger charge is -2.25. The Hall–Kier alpha value is -3.07. The number of nitrogens with zero attached hydrogens (tertiary/aromatic N) is 1. The quantitative estimate of drug-likeness (QED) is 0.0431. The number of carboxylic acids is 2. The predicted octanol–water partition coefficient (Wildman–Crippen LogP) is -2.25. The van der Waals surface area contributed by atoms with Crippen molar-refractivity contribution < 1.29 is 34.2 Å². The second-order valence-corrected chi connectivity index (χ2v) is 8.69. The van der Waals surface area contributed by atoms with Gasteiger partial charge in [0, 0.05) is 18.7 Å². The first-order chi connectivity index (χ1) is 16.3. The zero-order chi connectivity index (χ0) is 27.1. The van der Waals surface area contributed by atoms with Crippen LogP contribution in [0.1, 0.15) is 46.0 Å². The van der Waals surface area contributed by atoms with Gasteiger partial charge in [-0.15, -0.1) is 0 Å². The molecule has 0 saturated carbocycles. The number of rotatable bonds is 17. The largest absolute Gasteiger partial charge is 0.481 e. The highest BCUT2D eigenvalue weighted by molar-refractivity contribution is 7.80. The van der Waals surface area contributed by atoms with E-state index in [1.807, 2.05) is 0 Å². The Kier molecular flexibility index (Phi) is 15.1. The van der Waals surface area contributed by atoms with Crippen LogP contribution in [0.4, 0.5) is 0 Å². The first kappa shape index (κ1) is 31.9. The monoisotopic (exact) mass is 519 g/mol. The third-order valence-electron chi connectivity index (χ3n) is 4.72. The Labute approximate surface area is 209 Å². The molecule has 4 unspecified atom stereocenters. The van der Waals surface area contributed by atoms with Crippen molar-refractivity contribution in [2.24, 2.45) is 28.1 Å². The van der Waals surface area contributed by atoms with Crippen molar-refractivity contribution >= 4 is 48.2 Å². The number of amides is 3. The summed E-state index contributed by atoms with van der Waals surface area (Å²) in [7, 11) is 0. The van der Waals surface area contributed by atoms with Gasteiger partial charge in [0.05, 0.1) is 6.04 Å². The molecule has 0 bridgehead atoms. The molecule has 14 nitrogen and oxygen atoms in total. The van der Waals surface area contributed by atoms with E-state index in [0.717, 1.165) is 0 Å². The van der Waals surface area contributed by atoms with Crippen molar-refractivity contribution in [3.63, 3.8) is 0 Å². The Morgan fingerprint density at radius 1 is 0.886 bits per heavy atom. The van der Waals surface area contributed by atoms with E-state index in [2.05, 4.69) is 33.6 Å². The summed E-state index contributed by atoms with van der Waals surface area (Å²) < 4.78 is 0. The van der Waals surface area contributed by atoms with Crippen LogP contribution in [0.3, 0.4) is 0 Å². The number of hydrogen-bond donors (Lipinski definition) is 9. The molecule has 0 heterocycles. The van der Waals surface area contributed by atoms with Gasteiger partial charge in [0.2, 0.25) is 17.7 Å². The Morgan fingerprint density at radius 2 is 1.43 bits per heavy atom. The number of hydrogen-bond acceptors (Lipinski definition) is 8. The van der Waals surface area contributed by atoms with Crippen molar-refractivity contribution in [1.82, 2.24) is 16.0 Å². The van der Waals surface area contributed by atoms with Crippen molar-refractivity contribution in [3.05, 3.63) is 0 Å². The van der Waals surface area contributed by atoms with Crippen LogP contribution in [0.2, 0.25) is 0 Å². The summed E-state index contributed by atoms with van der Waals surface area (Å²) in [6.45, 7) is 3.88. The third kappa shape index (κ3) is 14.0. The maximum atomic E-state index is 12.8. The third-order valence-corrected chi connectivity index (χ3v) is 5.09. The van der Waals surface area contributed by atoms with Gasteiger partial charge in [-0.25, -0.2) is 4.79 Å². The molecule has 0 aliphatic heterocycles. The van der Waals surface area contributed by atoms with Crippen molar-refractivity contribution in [2.75, 3.05) is 12.3 Å². The molecule has 0 fully saturated rings. The van der Waals surface area contributed by atoms with Gasteiger partial charge < -0.3 is 43.4 Å². The van der Waals surface area contributed by atoms with E-state index in [0.29, 0.717) is 6.42 Å². The van der Waals surface area contributed by atoms with E-state index in [4.69, 9.17) is 22.3 Å². The lowest BCUT2D eigenvalue weighted by atomic mass is 10.0. The molecule has 11 N–H and O–H groups in total. The molecule has 200 valence electrons. The predicted molar refractivity (Wildman–Crippen MR) is 131 cm³/mol. The Bertz CT molecular complexity index is 775. The van der Waals surface area contributed by atoms with E-state index in [1.54, 1.807) is 13.8 Å². The first-order valence-corrected chi connectivity index (χ1v) is 11.7. The fourth-order valence-corrected chi connectivity index (χ4v) is 3.15.